The van der Waals surface area contributed by atoms with Gasteiger partial charge in [0, 0.05) is 25.6 Å². The van der Waals surface area contributed by atoms with E-state index in [1.54, 1.807) is 7.11 Å². The van der Waals surface area contributed by atoms with Crippen LogP contribution in [0.15, 0.2) is 0 Å². The lowest BCUT2D eigenvalue weighted by Crippen LogP contribution is -2.36. The summed E-state index contributed by atoms with van der Waals surface area (Å²) >= 11 is 0. The van der Waals surface area contributed by atoms with E-state index < -0.39 is 0 Å². The third-order valence-corrected chi connectivity index (χ3v) is 3.46. The third kappa shape index (κ3) is 3.87. The number of rotatable bonds is 7. The summed E-state index contributed by atoms with van der Waals surface area (Å²) in [5, 5.41) is 0. The van der Waals surface area contributed by atoms with Gasteiger partial charge < -0.3 is 14.4 Å². The molecule has 0 N–H and O–H groups in total. The van der Waals surface area contributed by atoms with E-state index in [-0.39, 0.29) is 5.41 Å². The van der Waals surface area contributed by atoms with Crippen LogP contribution in [-0.2, 0) is 9.53 Å². The van der Waals surface area contributed by atoms with E-state index >= 15 is 0 Å². The lowest BCUT2D eigenvalue weighted by Gasteiger charge is -2.28. The number of carbonyl (C=O) groups excluding carboxylic acids is 1. The van der Waals surface area contributed by atoms with Crippen molar-refractivity contribution in [1.29, 1.82) is 0 Å². The molecule has 1 aliphatic rings. The van der Waals surface area contributed by atoms with Crippen molar-refractivity contribution in [3.8, 4) is 0 Å². The molecule has 0 radical (unpaired) electrons. The summed E-state index contributed by atoms with van der Waals surface area (Å²) in [7, 11) is 1.76. The smallest absolute Gasteiger partial charge is 0.127 e. The minimum absolute atomic E-state index is 0.156. The van der Waals surface area contributed by atoms with Gasteiger partial charge in [-0.25, -0.2) is 0 Å². The first-order chi connectivity index (χ1) is 7.63. The van der Waals surface area contributed by atoms with E-state index in [0.717, 1.165) is 45.4 Å². The zero-order valence-electron chi connectivity index (χ0n) is 10.9. The van der Waals surface area contributed by atoms with Crippen molar-refractivity contribution in [3.63, 3.8) is 0 Å². The summed E-state index contributed by atoms with van der Waals surface area (Å²) in [4.78, 5) is 13.6. The highest BCUT2D eigenvalue weighted by Gasteiger charge is 2.30. The number of carbonyl (C=O) groups is 1. The summed E-state index contributed by atoms with van der Waals surface area (Å²) in [5.74, 6) is 0.655. The summed E-state index contributed by atoms with van der Waals surface area (Å²) in [6.45, 7) is 8.17. The van der Waals surface area contributed by atoms with Gasteiger partial charge in [-0.15, -0.1) is 0 Å². The monoisotopic (exact) mass is 227 g/mol. The van der Waals surface area contributed by atoms with E-state index in [2.05, 4.69) is 18.7 Å². The Morgan fingerprint density at radius 3 is 2.88 bits per heavy atom. The molecule has 1 fully saturated rings. The highest BCUT2D eigenvalue weighted by Crippen LogP contribution is 2.25. The van der Waals surface area contributed by atoms with E-state index in [4.69, 9.17) is 4.74 Å². The summed E-state index contributed by atoms with van der Waals surface area (Å²) in [6, 6.07) is 0. The van der Waals surface area contributed by atoms with Crippen LogP contribution in [0.25, 0.3) is 0 Å². The highest BCUT2D eigenvalue weighted by atomic mass is 16.5. The van der Waals surface area contributed by atoms with Crippen molar-refractivity contribution in [2.24, 2.45) is 11.3 Å². The lowest BCUT2D eigenvalue weighted by atomic mass is 9.87. The molecule has 0 aromatic heterocycles. The number of hydrogen-bond acceptors (Lipinski definition) is 3. The Balaban J connectivity index is 2.39. The Bertz CT molecular complexity index is 220. The molecule has 3 heteroatoms. The maximum atomic E-state index is 11.2. The number of aldehydes is 1. The molecule has 0 aromatic carbocycles. The second-order valence-electron chi connectivity index (χ2n) is 5.37. The Morgan fingerprint density at radius 2 is 2.31 bits per heavy atom. The fourth-order valence-electron chi connectivity index (χ4n) is 2.69. The second kappa shape index (κ2) is 6.36. The van der Waals surface area contributed by atoms with Gasteiger partial charge in [0.25, 0.3) is 0 Å². The third-order valence-electron chi connectivity index (χ3n) is 3.46. The van der Waals surface area contributed by atoms with Crippen molar-refractivity contribution in [1.82, 2.24) is 4.90 Å². The number of ether oxygens (including phenoxy) is 1. The fraction of sp³-hybridized carbons (Fsp3) is 0.923. The summed E-state index contributed by atoms with van der Waals surface area (Å²) < 4.78 is 5.18. The van der Waals surface area contributed by atoms with Crippen molar-refractivity contribution in [3.05, 3.63) is 0 Å². The molecule has 2 unspecified atom stereocenters. The predicted octanol–water partition coefficient (Wildman–Crippen LogP) is 1.96. The number of methoxy groups -OCH3 is 1. The van der Waals surface area contributed by atoms with Crippen LogP contribution in [0.3, 0.4) is 0 Å². The fourth-order valence-corrected chi connectivity index (χ4v) is 2.69. The van der Waals surface area contributed by atoms with E-state index in [1.165, 1.54) is 6.42 Å². The zero-order chi connectivity index (χ0) is 12.0. The normalized spacial score (nSPS) is 25.6. The molecule has 0 aromatic rings. The molecule has 94 valence electrons. The molecule has 0 amide bonds. The highest BCUT2D eigenvalue weighted by molar-refractivity contribution is 5.59. The first kappa shape index (κ1) is 13.7. The molecule has 0 aliphatic carbocycles. The Morgan fingerprint density at radius 1 is 1.56 bits per heavy atom. The van der Waals surface area contributed by atoms with Crippen molar-refractivity contribution in [2.45, 2.75) is 33.1 Å². The maximum Gasteiger partial charge on any atom is 0.127 e. The van der Waals surface area contributed by atoms with Crippen molar-refractivity contribution < 1.29 is 9.53 Å². The van der Waals surface area contributed by atoms with Crippen LogP contribution in [0.4, 0.5) is 0 Å². The summed E-state index contributed by atoms with van der Waals surface area (Å²) in [5.41, 5.74) is -0.156. The zero-order valence-corrected chi connectivity index (χ0v) is 10.9. The van der Waals surface area contributed by atoms with Gasteiger partial charge in [-0.3, -0.25) is 0 Å². The van der Waals surface area contributed by atoms with Gasteiger partial charge in [0.15, 0.2) is 0 Å². The molecular weight excluding hydrogens is 202 g/mol. The van der Waals surface area contributed by atoms with Crippen molar-refractivity contribution >= 4 is 6.29 Å². The minimum Gasteiger partial charge on any atom is -0.384 e. The van der Waals surface area contributed by atoms with Crippen molar-refractivity contribution in [2.75, 3.05) is 33.4 Å². The first-order valence-corrected chi connectivity index (χ1v) is 6.31. The van der Waals surface area contributed by atoms with E-state index in [1.807, 2.05) is 0 Å². The maximum absolute atomic E-state index is 11.2. The van der Waals surface area contributed by atoms with Crippen LogP contribution in [0.2, 0.25) is 0 Å². The van der Waals surface area contributed by atoms with Crippen LogP contribution >= 0.6 is 0 Å². The van der Waals surface area contributed by atoms with Gasteiger partial charge in [-0.2, -0.15) is 0 Å². The predicted molar refractivity (Wildman–Crippen MR) is 65.5 cm³/mol. The van der Waals surface area contributed by atoms with Gasteiger partial charge >= 0.3 is 0 Å². The molecular formula is C13H25NO2. The SMILES string of the molecule is CCCC(C)(C=O)CN1CCC(COC)C1. The molecule has 1 aliphatic heterocycles. The average molecular weight is 227 g/mol. The van der Waals surface area contributed by atoms with Gasteiger partial charge in [0.05, 0.1) is 6.61 Å². The molecule has 0 bridgehead atoms. The Hall–Kier alpha value is -0.410. The molecule has 1 heterocycles. The molecule has 0 saturated carbocycles. The quantitative estimate of drug-likeness (QED) is 0.623. The van der Waals surface area contributed by atoms with E-state index in [0.29, 0.717) is 5.92 Å². The van der Waals surface area contributed by atoms with Crippen LogP contribution in [0.5, 0.6) is 0 Å². The largest absolute Gasteiger partial charge is 0.384 e. The molecule has 2 atom stereocenters. The standard InChI is InChI=1S/C13H25NO2/c1-4-6-13(2,11-15)10-14-7-5-12(8-14)9-16-3/h11-12H,4-10H2,1-3H3. The second-order valence-corrected chi connectivity index (χ2v) is 5.37. The van der Waals surface area contributed by atoms with Crippen LogP contribution in [0, 0.1) is 11.3 Å². The molecule has 1 saturated heterocycles. The van der Waals surface area contributed by atoms with Gasteiger partial charge in [-0.1, -0.05) is 20.3 Å². The Labute approximate surface area is 99.1 Å². The topological polar surface area (TPSA) is 29.5 Å². The van der Waals surface area contributed by atoms with E-state index in [9.17, 15) is 4.79 Å². The lowest BCUT2D eigenvalue weighted by molar-refractivity contribution is -0.116. The van der Waals surface area contributed by atoms with Gasteiger partial charge in [0.2, 0.25) is 0 Å². The minimum atomic E-state index is -0.156. The number of hydrogen-bond donors (Lipinski definition) is 0. The van der Waals surface area contributed by atoms with Crippen LogP contribution in [-0.4, -0.2) is 44.5 Å². The van der Waals surface area contributed by atoms with Crippen LogP contribution in [0.1, 0.15) is 33.1 Å². The average Bonchev–Trinajstić information content (AvgIpc) is 2.66. The molecule has 0 spiro atoms. The van der Waals surface area contributed by atoms with Crippen LogP contribution < -0.4 is 0 Å². The van der Waals surface area contributed by atoms with Gasteiger partial charge in [0.1, 0.15) is 6.29 Å². The molecule has 3 nitrogen and oxygen atoms in total. The molecule has 16 heavy (non-hydrogen) atoms. The van der Waals surface area contributed by atoms with Gasteiger partial charge in [-0.05, 0) is 25.3 Å². The number of nitrogens with zero attached hydrogens (tertiary/aromatic N) is 1. The number of likely N-dealkylation sites (tertiary alicyclic amines) is 1. The summed E-state index contributed by atoms with van der Waals surface area (Å²) in [6.07, 6.45) is 4.40. The Kier molecular flexibility index (Phi) is 5.42. The first-order valence-electron chi connectivity index (χ1n) is 6.31. The molecule has 1 rings (SSSR count).